The van der Waals surface area contributed by atoms with Gasteiger partial charge in [-0.2, -0.15) is 5.06 Å². The quantitative estimate of drug-likeness (QED) is 0.888. The highest BCUT2D eigenvalue weighted by atomic mass is 79.9. The van der Waals surface area contributed by atoms with Crippen LogP contribution in [0.15, 0.2) is 53.0 Å². The van der Waals surface area contributed by atoms with Crippen LogP contribution >= 0.6 is 15.9 Å². The first-order valence-electron chi connectivity index (χ1n) is 7.24. The third-order valence-electron chi connectivity index (χ3n) is 3.95. The van der Waals surface area contributed by atoms with Gasteiger partial charge in [-0.3, -0.25) is 9.63 Å². The van der Waals surface area contributed by atoms with Gasteiger partial charge in [0.15, 0.2) is 0 Å². The zero-order valence-electron chi connectivity index (χ0n) is 12.3. The van der Waals surface area contributed by atoms with Gasteiger partial charge < -0.3 is 5.73 Å². The lowest BCUT2D eigenvalue weighted by Crippen LogP contribution is -2.33. The van der Waals surface area contributed by atoms with E-state index in [1.807, 2.05) is 24.3 Å². The SMILES string of the molecule is NC(=O)CN1OCC(c2ccc(F)cc2)C1c1ccccc1Br. The minimum atomic E-state index is -0.457. The molecule has 2 aromatic carbocycles. The summed E-state index contributed by atoms with van der Waals surface area (Å²) in [5.74, 6) is -0.755. The summed E-state index contributed by atoms with van der Waals surface area (Å²) >= 11 is 3.55. The van der Waals surface area contributed by atoms with Crippen molar-refractivity contribution in [3.05, 3.63) is 69.9 Å². The molecule has 2 unspecified atom stereocenters. The molecule has 1 amide bonds. The fraction of sp³-hybridized carbons (Fsp3) is 0.235. The molecule has 0 aliphatic carbocycles. The number of carbonyl (C=O) groups is 1. The van der Waals surface area contributed by atoms with Gasteiger partial charge in [-0.05, 0) is 29.3 Å². The van der Waals surface area contributed by atoms with Crippen LogP contribution in [-0.2, 0) is 9.63 Å². The van der Waals surface area contributed by atoms with Gasteiger partial charge in [-0.1, -0.05) is 46.3 Å². The van der Waals surface area contributed by atoms with E-state index in [0.717, 1.165) is 15.6 Å². The van der Waals surface area contributed by atoms with Crippen LogP contribution in [0.5, 0.6) is 0 Å². The first-order valence-corrected chi connectivity index (χ1v) is 8.03. The summed E-state index contributed by atoms with van der Waals surface area (Å²) in [4.78, 5) is 17.0. The number of amides is 1. The fourth-order valence-corrected chi connectivity index (χ4v) is 3.44. The van der Waals surface area contributed by atoms with Crippen LogP contribution in [0.2, 0.25) is 0 Å². The van der Waals surface area contributed by atoms with Crippen molar-refractivity contribution in [2.75, 3.05) is 13.2 Å². The molecule has 4 nitrogen and oxygen atoms in total. The lowest BCUT2D eigenvalue weighted by molar-refractivity contribution is -0.150. The smallest absolute Gasteiger partial charge is 0.234 e. The Morgan fingerprint density at radius 1 is 1.26 bits per heavy atom. The van der Waals surface area contributed by atoms with E-state index in [2.05, 4.69) is 15.9 Å². The number of carbonyl (C=O) groups excluding carboxylic acids is 1. The molecule has 0 bridgehead atoms. The van der Waals surface area contributed by atoms with Crippen molar-refractivity contribution in [2.24, 2.45) is 5.73 Å². The Labute approximate surface area is 142 Å². The highest BCUT2D eigenvalue weighted by Gasteiger charge is 2.39. The monoisotopic (exact) mass is 378 g/mol. The van der Waals surface area contributed by atoms with Crippen LogP contribution in [0.1, 0.15) is 23.1 Å². The first-order chi connectivity index (χ1) is 11.1. The second kappa shape index (κ2) is 6.78. The maximum atomic E-state index is 13.2. The molecule has 1 fully saturated rings. The highest BCUT2D eigenvalue weighted by molar-refractivity contribution is 9.10. The molecule has 0 saturated carbocycles. The minimum absolute atomic E-state index is 0.00367. The van der Waals surface area contributed by atoms with Crippen molar-refractivity contribution in [1.29, 1.82) is 0 Å². The molecule has 2 N–H and O–H groups in total. The van der Waals surface area contributed by atoms with Crippen molar-refractivity contribution in [3.63, 3.8) is 0 Å². The van der Waals surface area contributed by atoms with Crippen LogP contribution in [0.3, 0.4) is 0 Å². The molecule has 120 valence electrons. The van der Waals surface area contributed by atoms with Gasteiger partial charge in [0, 0.05) is 10.4 Å². The highest BCUT2D eigenvalue weighted by Crippen LogP contribution is 2.43. The van der Waals surface area contributed by atoms with Gasteiger partial charge in [0.2, 0.25) is 5.91 Å². The van der Waals surface area contributed by atoms with Crippen LogP contribution in [0.4, 0.5) is 4.39 Å². The molecule has 0 spiro atoms. The molecule has 2 aromatic rings. The molecule has 3 rings (SSSR count). The standard InChI is InChI=1S/C17H16BrFN2O2/c18-15-4-2-1-3-13(15)17-14(10-23-21(17)9-16(20)22)11-5-7-12(19)8-6-11/h1-8,14,17H,9-10H2,(H2,20,22). The summed E-state index contributed by atoms with van der Waals surface area (Å²) in [5, 5.41) is 1.61. The number of benzene rings is 2. The molecule has 1 aliphatic rings. The van der Waals surface area contributed by atoms with E-state index in [0.29, 0.717) is 6.61 Å². The average Bonchev–Trinajstić information content (AvgIpc) is 2.91. The van der Waals surface area contributed by atoms with Gasteiger partial charge in [0.25, 0.3) is 0 Å². The maximum Gasteiger partial charge on any atom is 0.234 e. The van der Waals surface area contributed by atoms with Gasteiger partial charge >= 0.3 is 0 Å². The molecule has 23 heavy (non-hydrogen) atoms. The molecular weight excluding hydrogens is 363 g/mol. The largest absolute Gasteiger partial charge is 0.368 e. The second-order valence-electron chi connectivity index (χ2n) is 5.46. The van der Waals surface area contributed by atoms with Gasteiger partial charge in [-0.25, -0.2) is 4.39 Å². The summed E-state index contributed by atoms with van der Waals surface area (Å²) < 4.78 is 14.1. The van der Waals surface area contributed by atoms with Crippen molar-refractivity contribution in [2.45, 2.75) is 12.0 Å². The molecule has 2 atom stereocenters. The van der Waals surface area contributed by atoms with Crippen molar-refractivity contribution < 1.29 is 14.0 Å². The van der Waals surface area contributed by atoms with E-state index in [1.165, 1.54) is 12.1 Å². The topological polar surface area (TPSA) is 55.6 Å². The zero-order chi connectivity index (χ0) is 16.4. The number of primary amides is 1. The first kappa shape index (κ1) is 16.1. The van der Waals surface area contributed by atoms with Gasteiger partial charge in [-0.15, -0.1) is 0 Å². The molecule has 0 radical (unpaired) electrons. The van der Waals surface area contributed by atoms with Crippen molar-refractivity contribution in [3.8, 4) is 0 Å². The molecule has 1 heterocycles. The van der Waals surface area contributed by atoms with Crippen molar-refractivity contribution in [1.82, 2.24) is 5.06 Å². The van der Waals surface area contributed by atoms with Crippen LogP contribution in [0.25, 0.3) is 0 Å². The lowest BCUT2D eigenvalue weighted by Gasteiger charge is -2.26. The summed E-state index contributed by atoms with van der Waals surface area (Å²) in [6.07, 6.45) is 0. The predicted octanol–water partition coefficient (Wildman–Crippen LogP) is 3.15. The second-order valence-corrected chi connectivity index (χ2v) is 6.32. The van der Waals surface area contributed by atoms with E-state index in [-0.39, 0.29) is 24.3 Å². The average molecular weight is 379 g/mol. The molecule has 1 aliphatic heterocycles. The normalized spacial score (nSPS) is 21.5. The number of halogens is 2. The number of hydrogen-bond acceptors (Lipinski definition) is 3. The van der Waals surface area contributed by atoms with Crippen molar-refractivity contribution >= 4 is 21.8 Å². The molecular formula is C17H16BrFN2O2. The third-order valence-corrected chi connectivity index (χ3v) is 4.67. The summed E-state index contributed by atoms with van der Waals surface area (Å²) in [5.41, 5.74) is 7.29. The van der Waals surface area contributed by atoms with E-state index >= 15 is 0 Å². The number of nitrogens with two attached hydrogens (primary N) is 1. The van der Waals surface area contributed by atoms with Crippen LogP contribution < -0.4 is 5.73 Å². The predicted molar refractivity (Wildman–Crippen MR) is 87.9 cm³/mol. The number of nitrogens with zero attached hydrogens (tertiary/aromatic N) is 1. The van der Waals surface area contributed by atoms with E-state index in [1.54, 1.807) is 17.2 Å². The Bertz CT molecular complexity index is 708. The Morgan fingerprint density at radius 3 is 2.61 bits per heavy atom. The zero-order valence-corrected chi connectivity index (χ0v) is 13.9. The fourth-order valence-electron chi connectivity index (χ4n) is 2.92. The maximum absolute atomic E-state index is 13.2. The Balaban J connectivity index is 2.00. The molecule has 0 aromatic heterocycles. The van der Waals surface area contributed by atoms with Gasteiger partial charge in [0.05, 0.1) is 12.6 Å². The number of rotatable bonds is 4. The summed E-state index contributed by atoms with van der Waals surface area (Å²) in [6.45, 7) is 0.411. The van der Waals surface area contributed by atoms with Gasteiger partial charge in [0.1, 0.15) is 12.4 Å². The number of hydrogen-bond donors (Lipinski definition) is 1. The van der Waals surface area contributed by atoms with E-state index in [4.69, 9.17) is 10.6 Å². The lowest BCUT2D eigenvalue weighted by atomic mass is 9.88. The third kappa shape index (κ3) is 3.44. The molecule has 1 saturated heterocycles. The van der Waals surface area contributed by atoms with E-state index < -0.39 is 5.91 Å². The Kier molecular flexibility index (Phi) is 4.75. The van der Waals surface area contributed by atoms with Crippen LogP contribution in [0, 0.1) is 5.82 Å². The van der Waals surface area contributed by atoms with Crippen LogP contribution in [-0.4, -0.2) is 24.1 Å². The summed E-state index contributed by atoms with van der Waals surface area (Å²) in [7, 11) is 0. The molecule has 6 heteroatoms. The summed E-state index contributed by atoms with van der Waals surface area (Å²) in [6, 6.07) is 14.0. The number of hydroxylamine groups is 2. The van der Waals surface area contributed by atoms with E-state index in [9.17, 15) is 9.18 Å². The Hall–Kier alpha value is -1.76. The minimum Gasteiger partial charge on any atom is -0.368 e. The Morgan fingerprint density at radius 2 is 1.96 bits per heavy atom.